The van der Waals surface area contributed by atoms with Crippen LogP contribution in [-0.2, 0) is 27.5 Å². The van der Waals surface area contributed by atoms with E-state index in [1.54, 1.807) is 0 Å². The first-order valence-corrected chi connectivity index (χ1v) is 7.56. The summed E-state index contributed by atoms with van der Waals surface area (Å²) in [6.45, 7) is 0. The average Bonchev–Trinajstić information content (AvgIpc) is 2.30. The highest BCUT2D eigenvalue weighted by molar-refractivity contribution is 8.66. The summed E-state index contributed by atoms with van der Waals surface area (Å²) in [7, 11) is -9.85. The van der Waals surface area contributed by atoms with E-state index >= 15 is 0 Å². The molecule has 1 aromatic carbocycles. The molecule has 0 saturated carbocycles. The number of aliphatic imine (C=N–C) groups is 1. The van der Waals surface area contributed by atoms with Gasteiger partial charge in [0.1, 0.15) is 0 Å². The molecular weight excluding hydrogens is 284 g/mol. The van der Waals surface area contributed by atoms with Crippen molar-refractivity contribution in [3.63, 3.8) is 0 Å². The molecule has 0 amide bonds. The van der Waals surface area contributed by atoms with Crippen LogP contribution >= 0.6 is 0 Å². The van der Waals surface area contributed by atoms with Crippen molar-refractivity contribution in [2.75, 3.05) is 0 Å². The minimum absolute atomic E-state index is 0.0974. The summed E-state index contributed by atoms with van der Waals surface area (Å²) >= 11 is 0. The number of hydrogen-bond acceptors (Lipinski definition) is 7. The van der Waals surface area contributed by atoms with Crippen molar-refractivity contribution in [3.8, 4) is 0 Å². The molecule has 1 aromatic rings. The van der Waals surface area contributed by atoms with Crippen LogP contribution in [0, 0.1) is 0 Å². The molecule has 10 heteroatoms. The van der Waals surface area contributed by atoms with E-state index in [4.69, 9.17) is 0 Å². The van der Waals surface area contributed by atoms with Crippen molar-refractivity contribution in [1.29, 1.82) is 0 Å². The summed E-state index contributed by atoms with van der Waals surface area (Å²) in [4.78, 5) is 22.4. The summed E-state index contributed by atoms with van der Waals surface area (Å²) < 4.78 is 47.7. The number of hydrogen-bond donors (Lipinski definition) is 0. The number of isocyanates is 2. The van der Waals surface area contributed by atoms with Crippen LogP contribution in [0.2, 0.25) is 0 Å². The minimum atomic E-state index is -5.02. The summed E-state index contributed by atoms with van der Waals surface area (Å²) in [6.07, 6.45) is 1.88. The Morgan fingerprint density at radius 3 is 1.89 bits per heavy atom. The van der Waals surface area contributed by atoms with E-state index in [0.717, 1.165) is 24.3 Å². The van der Waals surface area contributed by atoms with Gasteiger partial charge in [-0.3, -0.25) is 0 Å². The fourth-order valence-corrected chi connectivity index (χ4v) is 3.31. The largest absolute Gasteiger partial charge is 0.374 e. The van der Waals surface area contributed by atoms with Gasteiger partial charge in [-0.05, 0) is 24.3 Å². The Kier molecular flexibility index (Phi) is 3.89. The van der Waals surface area contributed by atoms with Gasteiger partial charge >= 0.3 is 17.9 Å². The van der Waals surface area contributed by atoms with Crippen LogP contribution in [0.1, 0.15) is 0 Å². The normalized spacial score (nSPS) is 11.1. The molecule has 18 heavy (non-hydrogen) atoms. The molecule has 0 saturated heterocycles. The lowest BCUT2D eigenvalue weighted by atomic mass is 10.3. The Hall–Kier alpha value is -2.12. The molecule has 0 N–H and O–H groups in total. The van der Waals surface area contributed by atoms with Gasteiger partial charge in [0.05, 0.1) is 10.6 Å². The highest BCUT2D eigenvalue weighted by Crippen LogP contribution is 2.21. The summed E-state index contributed by atoms with van der Waals surface area (Å²) in [5, 5.41) is 0. The van der Waals surface area contributed by atoms with Crippen LogP contribution in [0.5, 0.6) is 0 Å². The molecule has 0 unspecified atom stereocenters. The Labute approximate surface area is 101 Å². The zero-order valence-electron chi connectivity index (χ0n) is 8.47. The molecule has 0 aliphatic carbocycles. The quantitative estimate of drug-likeness (QED) is 0.436. The molecule has 0 radical (unpaired) electrons. The standard InChI is InChI=1S/C8H4N2O6S2/c11-5-9-7-1-3-8(4-2-7)17(13,14)18(15,16)10-6-12/h1-4H. The van der Waals surface area contributed by atoms with Crippen LogP contribution in [0.15, 0.2) is 38.6 Å². The first-order valence-electron chi connectivity index (χ1n) is 4.12. The van der Waals surface area contributed by atoms with Crippen LogP contribution in [0.4, 0.5) is 5.69 Å². The third-order valence-electron chi connectivity index (χ3n) is 1.73. The highest BCUT2D eigenvalue weighted by atomic mass is 33.2. The Bertz CT molecular complexity index is 750. The van der Waals surface area contributed by atoms with Gasteiger partial charge in [0.25, 0.3) is 6.08 Å². The Morgan fingerprint density at radius 2 is 1.44 bits per heavy atom. The summed E-state index contributed by atoms with van der Waals surface area (Å²) in [5.74, 6) is 0. The van der Waals surface area contributed by atoms with Crippen LogP contribution in [0.25, 0.3) is 0 Å². The Balaban J connectivity index is 3.39. The predicted molar refractivity (Wildman–Crippen MR) is 58.5 cm³/mol. The molecule has 0 spiro atoms. The van der Waals surface area contributed by atoms with Gasteiger partial charge in [0, 0.05) is 0 Å². The molecule has 8 nitrogen and oxygen atoms in total. The first kappa shape index (κ1) is 13.9. The van der Waals surface area contributed by atoms with Crippen LogP contribution in [0.3, 0.4) is 0 Å². The lowest BCUT2D eigenvalue weighted by Crippen LogP contribution is -2.12. The lowest BCUT2D eigenvalue weighted by molar-refractivity contribution is 0.562. The van der Waals surface area contributed by atoms with Crippen molar-refractivity contribution in [2.24, 2.45) is 9.39 Å². The Morgan fingerprint density at radius 1 is 0.889 bits per heavy atom. The van der Waals surface area contributed by atoms with Gasteiger partial charge < -0.3 is 0 Å². The second-order valence-corrected chi connectivity index (χ2v) is 7.76. The third-order valence-corrected chi connectivity index (χ3v) is 5.89. The second kappa shape index (κ2) is 5.03. The third kappa shape index (κ3) is 2.58. The van der Waals surface area contributed by atoms with E-state index in [-0.39, 0.29) is 5.69 Å². The molecule has 0 aromatic heterocycles. The summed E-state index contributed by atoms with van der Waals surface area (Å²) in [6, 6.07) is 4.00. The smallest absolute Gasteiger partial charge is 0.211 e. The SMILES string of the molecule is O=C=Nc1ccc(S(=O)(=O)S(=O)(=O)N=C=O)cc1. The molecular formula is C8H4N2O6S2. The zero-order chi connectivity index (χ0) is 13.8. The van der Waals surface area contributed by atoms with E-state index < -0.39 is 22.8 Å². The topological polar surface area (TPSA) is 127 Å². The van der Waals surface area contributed by atoms with Gasteiger partial charge in [-0.2, -0.15) is 13.4 Å². The molecule has 0 fully saturated rings. The van der Waals surface area contributed by atoms with Gasteiger partial charge in [-0.1, -0.05) is 4.40 Å². The molecule has 0 bridgehead atoms. The molecule has 0 aliphatic rings. The predicted octanol–water partition coefficient (Wildman–Crippen LogP) is 0.00820. The van der Waals surface area contributed by atoms with Crippen molar-refractivity contribution < 1.29 is 26.4 Å². The maximum Gasteiger partial charge on any atom is 0.374 e. The number of rotatable bonds is 4. The number of carbonyl (C=O) groups excluding carboxylic acids is 2. The first-order chi connectivity index (χ1) is 8.35. The van der Waals surface area contributed by atoms with Gasteiger partial charge in [-0.15, -0.1) is 0 Å². The van der Waals surface area contributed by atoms with Crippen molar-refractivity contribution >= 4 is 35.8 Å². The van der Waals surface area contributed by atoms with E-state index in [9.17, 15) is 26.4 Å². The van der Waals surface area contributed by atoms with Gasteiger partial charge in [0.15, 0.2) is 0 Å². The lowest BCUT2D eigenvalue weighted by Gasteiger charge is -2.00. The molecule has 0 heterocycles. The molecule has 0 atom stereocenters. The number of nitrogens with zero attached hydrogens (tertiary/aromatic N) is 2. The highest BCUT2D eigenvalue weighted by Gasteiger charge is 2.31. The summed E-state index contributed by atoms with van der Waals surface area (Å²) in [5.41, 5.74) is 0.0974. The van der Waals surface area contributed by atoms with Crippen molar-refractivity contribution in [1.82, 2.24) is 0 Å². The second-order valence-electron chi connectivity index (χ2n) is 2.76. The molecule has 94 valence electrons. The van der Waals surface area contributed by atoms with Crippen LogP contribution < -0.4 is 0 Å². The molecule has 1 rings (SSSR count). The van der Waals surface area contributed by atoms with E-state index in [1.807, 2.05) is 0 Å². The van der Waals surface area contributed by atoms with Gasteiger partial charge in [-0.25, -0.2) is 18.0 Å². The number of benzene rings is 1. The van der Waals surface area contributed by atoms with E-state index in [2.05, 4.69) is 9.39 Å². The van der Waals surface area contributed by atoms with E-state index in [1.165, 1.54) is 6.08 Å². The molecule has 0 aliphatic heterocycles. The maximum atomic E-state index is 11.5. The minimum Gasteiger partial charge on any atom is -0.211 e. The average molecular weight is 288 g/mol. The maximum absolute atomic E-state index is 11.5. The fourth-order valence-electron chi connectivity index (χ4n) is 0.956. The van der Waals surface area contributed by atoms with E-state index in [0.29, 0.717) is 6.08 Å². The van der Waals surface area contributed by atoms with Crippen LogP contribution in [-0.4, -0.2) is 29.0 Å². The fraction of sp³-hybridized carbons (Fsp3) is 0. The van der Waals surface area contributed by atoms with Crippen molar-refractivity contribution in [2.45, 2.75) is 4.90 Å². The van der Waals surface area contributed by atoms with Gasteiger partial charge in [0.2, 0.25) is 6.08 Å². The van der Waals surface area contributed by atoms with Crippen molar-refractivity contribution in [3.05, 3.63) is 24.3 Å². The zero-order valence-corrected chi connectivity index (χ0v) is 10.1. The monoisotopic (exact) mass is 288 g/mol.